The number of aliphatic carboxylic acids is 1. The highest BCUT2D eigenvalue weighted by atomic mass is 35.5. The zero-order valence-corrected chi connectivity index (χ0v) is 13.0. The highest BCUT2D eigenvalue weighted by Crippen LogP contribution is 2.47. The molecule has 5 heteroatoms. The number of methoxy groups -OCH3 is 1. The molecule has 0 aliphatic heterocycles. The number of carbonyl (C=O) groups is 1. The monoisotopic (exact) mass is 311 g/mol. The first-order valence-corrected chi connectivity index (χ1v) is 7.64. The second kappa shape index (κ2) is 6.67. The van der Waals surface area contributed by atoms with Crippen LogP contribution in [0.3, 0.4) is 0 Å². The van der Waals surface area contributed by atoms with Crippen LogP contribution in [0.25, 0.3) is 0 Å². The maximum atomic E-state index is 11.1. The summed E-state index contributed by atoms with van der Waals surface area (Å²) in [5, 5.41) is 9.74. The molecule has 1 aliphatic carbocycles. The largest absolute Gasteiger partial charge is 0.497 e. The van der Waals surface area contributed by atoms with Crippen molar-refractivity contribution >= 4 is 17.6 Å². The highest BCUT2D eigenvalue weighted by molar-refractivity contribution is 6.31. The third-order valence-electron chi connectivity index (χ3n) is 4.45. The van der Waals surface area contributed by atoms with Crippen molar-refractivity contribution < 1.29 is 14.6 Å². The summed E-state index contributed by atoms with van der Waals surface area (Å²) in [6, 6.07) is 5.20. The Balaban J connectivity index is 2.15. The molecule has 1 aromatic rings. The first-order valence-electron chi connectivity index (χ1n) is 7.27. The van der Waals surface area contributed by atoms with Crippen LogP contribution in [0.1, 0.15) is 50.1 Å². The van der Waals surface area contributed by atoms with Crippen molar-refractivity contribution in [2.75, 3.05) is 7.11 Å². The van der Waals surface area contributed by atoms with E-state index in [0.29, 0.717) is 17.2 Å². The molecule has 0 spiro atoms. The fourth-order valence-electron chi connectivity index (χ4n) is 3.41. The Labute approximate surface area is 130 Å². The molecule has 0 radical (unpaired) electrons. The van der Waals surface area contributed by atoms with Crippen LogP contribution in [0.15, 0.2) is 18.2 Å². The van der Waals surface area contributed by atoms with Crippen LogP contribution >= 0.6 is 11.6 Å². The number of hydrogen-bond donors (Lipinski definition) is 2. The lowest BCUT2D eigenvalue weighted by Crippen LogP contribution is -2.27. The van der Waals surface area contributed by atoms with E-state index in [1.165, 1.54) is 0 Å². The lowest BCUT2D eigenvalue weighted by Gasteiger charge is -2.30. The first kappa shape index (κ1) is 16.1. The smallest absolute Gasteiger partial charge is 0.303 e. The van der Waals surface area contributed by atoms with Gasteiger partial charge >= 0.3 is 5.97 Å². The highest BCUT2D eigenvalue weighted by Gasteiger charge is 2.37. The fraction of sp³-hybridized carbons (Fsp3) is 0.562. The van der Waals surface area contributed by atoms with E-state index in [1.54, 1.807) is 13.2 Å². The molecule has 1 unspecified atom stereocenters. The van der Waals surface area contributed by atoms with E-state index in [1.807, 2.05) is 12.1 Å². The lowest BCUT2D eigenvalue weighted by atomic mass is 9.76. The molecule has 0 amide bonds. The average molecular weight is 312 g/mol. The first-order chi connectivity index (χ1) is 9.96. The molecule has 1 fully saturated rings. The van der Waals surface area contributed by atoms with Gasteiger partial charge in [0.2, 0.25) is 0 Å². The molecular weight excluding hydrogens is 290 g/mol. The van der Waals surface area contributed by atoms with Crippen LogP contribution < -0.4 is 10.5 Å². The van der Waals surface area contributed by atoms with Gasteiger partial charge in [0, 0.05) is 11.1 Å². The van der Waals surface area contributed by atoms with Crippen molar-refractivity contribution in [1.29, 1.82) is 0 Å². The Kier molecular flexibility index (Phi) is 5.12. The van der Waals surface area contributed by atoms with Gasteiger partial charge in [0.05, 0.1) is 13.5 Å². The molecule has 3 N–H and O–H groups in total. The number of rotatable bonds is 6. The van der Waals surface area contributed by atoms with Crippen molar-refractivity contribution in [2.24, 2.45) is 11.1 Å². The molecule has 1 aromatic carbocycles. The van der Waals surface area contributed by atoms with Gasteiger partial charge in [0.25, 0.3) is 0 Å². The Morgan fingerprint density at radius 3 is 2.67 bits per heavy atom. The molecule has 21 heavy (non-hydrogen) atoms. The van der Waals surface area contributed by atoms with E-state index in [0.717, 1.165) is 31.2 Å². The standard InChI is InChI=1S/C16H22ClNO3/c1-21-11-4-5-12(13(17)8-11)14(18)9-16(10-15(19)20)6-2-3-7-16/h4-5,8,14H,2-3,6-7,9-10,18H2,1H3,(H,19,20). The van der Waals surface area contributed by atoms with Crippen LogP contribution in [0.4, 0.5) is 0 Å². The Morgan fingerprint density at radius 1 is 1.48 bits per heavy atom. The van der Waals surface area contributed by atoms with Crippen molar-refractivity contribution in [1.82, 2.24) is 0 Å². The predicted octanol–water partition coefficient (Wildman–Crippen LogP) is 3.77. The molecule has 1 saturated carbocycles. The molecular formula is C16H22ClNO3. The van der Waals surface area contributed by atoms with Crippen molar-refractivity contribution in [2.45, 2.75) is 44.6 Å². The van der Waals surface area contributed by atoms with Gasteiger partial charge in [0.1, 0.15) is 5.75 Å². The Morgan fingerprint density at radius 2 is 2.14 bits per heavy atom. The molecule has 1 aliphatic rings. The maximum absolute atomic E-state index is 11.1. The number of hydrogen-bond acceptors (Lipinski definition) is 3. The number of ether oxygens (including phenoxy) is 1. The summed E-state index contributed by atoms with van der Waals surface area (Å²) >= 11 is 6.26. The molecule has 0 saturated heterocycles. The Bertz CT molecular complexity index is 512. The number of carboxylic acid groups (broad SMARTS) is 1. The second-order valence-corrected chi connectivity index (χ2v) is 6.38. The summed E-state index contributed by atoms with van der Waals surface area (Å²) in [5.41, 5.74) is 6.98. The number of benzene rings is 1. The third-order valence-corrected chi connectivity index (χ3v) is 4.78. The summed E-state index contributed by atoms with van der Waals surface area (Å²) in [7, 11) is 1.59. The molecule has 116 valence electrons. The normalized spacial score (nSPS) is 18.4. The minimum atomic E-state index is -0.745. The van der Waals surface area contributed by atoms with Crippen LogP contribution in [-0.2, 0) is 4.79 Å². The van der Waals surface area contributed by atoms with Gasteiger partial charge in [-0.05, 0) is 42.4 Å². The summed E-state index contributed by atoms with van der Waals surface area (Å²) in [6.07, 6.45) is 4.87. The second-order valence-electron chi connectivity index (χ2n) is 5.98. The fourth-order valence-corrected chi connectivity index (χ4v) is 3.72. The van der Waals surface area contributed by atoms with E-state index < -0.39 is 5.97 Å². The van der Waals surface area contributed by atoms with E-state index in [9.17, 15) is 4.79 Å². The van der Waals surface area contributed by atoms with E-state index >= 15 is 0 Å². The van der Waals surface area contributed by atoms with Crippen molar-refractivity contribution in [3.05, 3.63) is 28.8 Å². The SMILES string of the molecule is COc1ccc(C(N)CC2(CC(=O)O)CCCC2)c(Cl)c1. The lowest BCUT2D eigenvalue weighted by molar-refractivity contribution is -0.139. The molecule has 4 nitrogen and oxygen atoms in total. The van der Waals surface area contributed by atoms with E-state index in [-0.39, 0.29) is 17.9 Å². The minimum Gasteiger partial charge on any atom is -0.497 e. The summed E-state index contributed by atoms with van der Waals surface area (Å²) in [4.78, 5) is 11.1. The van der Waals surface area contributed by atoms with Gasteiger partial charge < -0.3 is 15.6 Å². The number of nitrogens with two attached hydrogens (primary N) is 1. The minimum absolute atomic E-state index is 0.186. The molecule has 0 heterocycles. The number of halogens is 1. The summed E-state index contributed by atoms with van der Waals surface area (Å²) < 4.78 is 5.13. The van der Waals surface area contributed by atoms with E-state index in [2.05, 4.69) is 0 Å². The van der Waals surface area contributed by atoms with Crippen molar-refractivity contribution in [3.63, 3.8) is 0 Å². The zero-order valence-electron chi connectivity index (χ0n) is 12.3. The maximum Gasteiger partial charge on any atom is 0.303 e. The zero-order chi connectivity index (χ0) is 15.5. The topological polar surface area (TPSA) is 72.5 Å². The molecule has 2 rings (SSSR count). The molecule has 0 aromatic heterocycles. The van der Waals surface area contributed by atoms with E-state index in [4.69, 9.17) is 27.2 Å². The van der Waals surface area contributed by atoms with Gasteiger partial charge in [-0.3, -0.25) is 4.79 Å². The van der Waals surface area contributed by atoms with Crippen LogP contribution in [-0.4, -0.2) is 18.2 Å². The third kappa shape index (κ3) is 3.89. The van der Waals surface area contributed by atoms with Crippen molar-refractivity contribution in [3.8, 4) is 5.75 Å². The predicted molar refractivity (Wildman–Crippen MR) is 82.7 cm³/mol. The number of carboxylic acids is 1. The van der Waals surface area contributed by atoms with Gasteiger partial charge in [-0.25, -0.2) is 0 Å². The van der Waals surface area contributed by atoms with Crippen LogP contribution in [0, 0.1) is 5.41 Å². The summed E-state index contributed by atoms with van der Waals surface area (Å²) in [5.74, 6) is -0.0537. The van der Waals surface area contributed by atoms with Gasteiger partial charge in [-0.2, -0.15) is 0 Å². The van der Waals surface area contributed by atoms with Gasteiger partial charge in [-0.15, -0.1) is 0 Å². The Hall–Kier alpha value is -1.26. The van der Waals surface area contributed by atoms with Crippen LogP contribution in [0.5, 0.6) is 5.75 Å². The summed E-state index contributed by atoms with van der Waals surface area (Å²) in [6.45, 7) is 0. The molecule has 1 atom stereocenters. The van der Waals surface area contributed by atoms with Gasteiger partial charge in [-0.1, -0.05) is 30.5 Å². The molecule has 0 bridgehead atoms. The quantitative estimate of drug-likeness (QED) is 0.838. The van der Waals surface area contributed by atoms with Crippen LogP contribution in [0.2, 0.25) is 5.02 Å². The van der Waals surface area contributed by atoms with Gasteiger partial charge in [0.15, 0.2) is 0 Å². The average Bonchev–Trinajstić information content (AvgIpc) is 2.85.